The summed E-state index contributed by atoms with van der Waals surface area (Å²) in [5.41, 5.74) is 1.58. The van der Waals surface area contributed by atoms with Gasteiger partial charge < -0.3 is 24.6 Å². The zero-order valence-electron chi connectivity index (χ0n) is 21.4. The van der Waals surface area contributed by atoms with Crippen LogP contribution in [0.1, 0.15) is 49.1 Å². The fourth-order valence-corrected chi connectivity index (χ4v) is 5.28. The number of nitro groups is 1. The number of para-hydroxylation sites is 1. The quantitative estimate of drug-likeness (QED) is 0.311. The van der Waals surface area contributed by atoms with Gasteiger partial charge in [-0.2, -0.15) is 0 Å². The van der Waals surface area contributed by atoms with Gasteiger partial charge in [-0.3, -0.25) is 19.7 Å². The lowest BCUT2D eigenvalue weighted by atomic mass is 9.69. The molecule has 0 bridgehead atoms. The molecule has 0 aromatic heterocycles. The summed E-state index contributed by atoms with van der Waals surface area (Å²) in [5.74, 6) is -3.53. The first kappa shape index (κ1) is 26.7. The first-order chi connectivity index (χ1) is 18.2. The van der Waals surface area contributed by atoms with E-state index in [1.54, 1.807) is 7.11 Å². The van der Waals surface area contributed by atoms with Gasteiger partial charge in [-0.1, -0.05) is 31.7 Å². The molecule has 1 heterocycles. The van der Waals surface area contributed by atoms with E-state index in [4.69, 9.17) is 14.2 Å². The predicted molar refractivity (Wildman–Crippen MR) is 136 cm³/mol. The normalized spacial score (nSPS) is 20.9. The number of benzene rings is 2. The number of hydrogen-bond donors (Lipinski definition) is 1. The zero-order valence-corrected chi connectivity index (χ0v) is 21.4. The molecule has 0 amide bonds. The average molecular weight is 522 g/mol. The summed E-state index contributed by atoms with van der Waals surface area (Å²) in [6.07, 6.45) is 1.15. The van der Waals surface area contributed by atoms with Gasteiger partial charge in [-0.05, 0) is 36.1 Å². The fraction of sp³-hybridized carbons (Fsp3) is 0.357. The van der Waals surface area contributed by atoms with Crippen molar-refractivity contribution in [2.45, 2.75) is 38.0 Å². The highest BCUT2D eigenvalue weighted by Gasteiger charge is 2.46. The number of methoxy groups -OCH3 is 2. The number of nitro benzene ring substituents is 1. The van der Waals surface area contributed by atoms with Crippen molar-refractivity contribution in [2.24, 2.45) is 5.92 Å². The number of allylic oxidation sites excluding steroid dienone is 2. The van der Waals surface area contributed by atoms with E-state index in [-0.39, 0.29) is 36.0 Å². The molecule has 2 aromatic rings. The molecule has 10 nitrogen and oxygen atoms in total. The maximum absolute atomic E-state index is 13.8. The summed E-state index contributed by atoms with van der Waals surface area (Å²) in [6.45, 7) is 6.07. The third-order valence-electron chi connectivity index (χ3n) is 6.95. The molecule has 38 heavy (non-hydrogen) atoms. The molecular formula is C28H29N2O8-. The lowest BCUT2D eigenvalue weighted by Crippen LogP contribution is -2.42. The van der Waals surface area contributed by atoms with Crippen molar-refractivity contribution in [2.75, 3.05) is 20.8 Å². The highest BCUT2D eigenvalue weighted by molar-refractivity contribution is 6.01. The van der Waals surface area contributed by atoms with Crippen LogP contribution >= 0.6 is 0 Å². The van der Waals surface area contributed by atoms with Crippen LogP contribution in [0.3, 0.4) is 0 Å². The Hall–Kier alpha value is -4.34. The Labute approximate surface area is 220 Å². The molecule has 0 spiro atoms. The number of hydrogen-bond acceptors (Lipinski definition) is 9. The summed E-state index contributed by atoms with van der Waals surface area (Å²) in [7, 11) is 2.80. The number of ether oxygens (including phenoxy) is 3. The number of ketones is 1. The van der Waals surface area contributed by atoms with Crippen molar-refractivity contribution in [3.05, 3.63) is 81.2 Å². The Morgan fingerprint density at radius 1 is 1.16 bits per heavy atom. The molecule has 1 aliphatic carbocycles. The van der Waals surface area contributed by atoms with E-state index in [1.165, 1.54) is 13.2 Å². The minimum absolute atomic E-state index is 0.138. The monoisotopic (exact) mass is 521 g/mol. The molecule has 3 unspecified atom stereocenters. The third-order valence-corrected chi connectivity index (χ3v) is 6.95. The van der Waals surface area contributed by atoms with Crippen molar-refractivity contribution in [3.8, 4) is 17.2 Å². The van der Waals surface area contributed by atoms with Crippen molar-refractivity contribution in [3.63, 3.8) is 0 Å². The van der Waals surface area contributed by atoms with Gasteiger partial charge in [0.1, 0.15) is 17.4 Å². The molecule has 200 valence electrons. The lowest BCUT2D eigenvalue weighted by molar-refractivity contribution is -0.398. The van der Waals surface area contributed by atoms with Gasteiger partial charge in [0, 0.05) is 47.0 Å². The van der Waals surface area contributed by atoms with E-state index in [9.17, 15) is 24.8 Å². The summed E-state index contributed by atoms with van der Waals surface area (Å²) in [4.78, 5) is 37.9. The van der Waals surface area contributed by atoms with Crippen LogP contribution in [-0.4, -0.2) is 37.5 Å². The van der Waals surface area contributed by atoms with Gasteiger partial charge in [0.15, 0.2) is 5.78 Å². The molecule has 2 aromatic carbocycles. The van der Waals surface area contributed by atoms with Crippen molar-refractivity contribution < 1.29 is 33.8 Å². The summed E-state index contributed by atoms with van der Waals surface area (Å²) >= 11 is 0. The number of esters is 1. The zero-order chi connectivity index (χ0) is 27.6. The van der Waals surface area contributed by atoms with E-state index < -0.39 is 34.2 Å². The van der Waals surface area contributed by atoms with Gasteiger partial charge in [0.25, 0.3) is 5.69 Å². The maximum Gasteiger partial charge on any atom is 0.315 e. The van der Waals surface area contributed by atoms with Crippen LogP contribution in [0.4, 0.5) is 5.69 Å². The minimum atomic E-state index is -1.05. The third kappa shape index (κ3) is 4.81. The Bertz CT molecular complexity index is 1330. The first-order valence-electron chi connectivity index (χ1n) is 12.3. The summed E-state index contributed by atoms with van der Waals surface area (Å²) < 4.78 is 16.1. The number of carbonyl (C=O) groups is 2. The first-order valence-corrected chi connectivity index (χ1v) is 12.3. The summed E-state index contributed by atoms with van der Waals surface area (Å²) in [6, 6.07) is 9.92. The minimum Gasteiger partial charge on any atom is -0.865 e. The molecule has 4 rings (SSSR count). The standard InChI is InChI=1S/C28H30N2O8/c1-5-10-38-28(33)24-15(2)29-19-11-16(18-8-6-7-9-22(18)36-3)13-21(31)26(19)25(24)17-12-20(30(34)35)27(32)23(14-17)37-4/h6-9,12,14,16,24-25,29,32H,2,5,10-11,13H2,1,3-4H3/p-1. The number of nitrogens with zero attached hydrogens (tertiary/aromatic N) is 1. The second-order valence-corrected chi connectivity index (χ2v) is 9.26. The fourth-order valence-electron chi connectivity index (χ4n) is 5.28. The molecule has 1 aliphatic heterocycles. The van der Waals surface area contributed by atoms with E-state index in [0.717, 1.165) is 11.6 Å². The molecule has 2 aliphatic rings. The van der Waals surface area contributed by atoms with Gasteiger partial charge in [-0.15, -0.1) is 0 Å². The molecule has 10 heteroatoms. The molecular weight excluding hydrogens is 492 g/mol. The molecule has 0 saturated carbocycles. The largest absolute Gasteiger partial charge is 0.865 e. The second kappa shape index (κ2) is 11.0. The van der Waals surface area contributed by atoms with Crippen molar-refractivity contribution in [1.82, 2.24) is 5.32 Å². The smallest absolute Gasteiger partial charge is 0.315 e. The van der Waals surface area contributed by atoms with Crippen LogP contribution in [0, 0.1) is 16.0 Å². The number of carbonyl (C=O) groups excluding carboxylic acids is 2. The molecule has 0 saturated heterocycles. The topological polar surface area (TPSA) is 140 Å². The maximum atomic E-state index is 13.8. The highest BCUT2D eigenvalue weighted by atomic mass is 16.6. The molecule has 1 N–H and O–H groups in total. The SMILES string of the molecule is C=C1NC2=C(C(=O)CC(c3ccccc3OC)C2)C(c2cc(OC)c([O-])c([N+](=O)[O-])c2)C1C(=O)OCCC. The van der Waals surface area contributed by atoms with Gasteiger partial charge in [-0.25, -0.2) is 0 Å². The Kier molecular flexibility index (Phi) is 7.70. The van der Waals surface area contributed by atoms with Gasteiger partial charge >= 0.3 is 5.97 Å². The highest BCUT2D eigenvalue weighted by Crippen LogP contribution is 2.50. The lowest BCUT2D eigenvalue weighted by Gasteiger charge is -2.40. The molecule has 3 atom stereocenters. The van der Waals surface area contributed by atoms with Crippen molar-refractivity contribution >= 4 is 17.4 Å². The Morgan fingerprint density at radius 2 is 1.87 bits per heavy atom. The van der Waals surface area contributed by atoms with Crippen LogP contribution in [0.2, 0.25) is 0 Å². The number of nitrogens with one attached hydrogen (secondary N) is 1. The van der Waals surface area contributed by atoms with Crippen LogP contribution in [-0.2, 0) is 14.3 Å². The molecule has 0 radical (unpaired) electrons. The average Bonchev–Trinajstić information content (AvgIpc) is 2.90. The van der Waals surface area contributed by atoms with E-state index in [1.807, 2.05) is 31.2 Å². The van der Waals surface area contributed by atoms with Crippen LogP contribution < -0.4 is 19.9 Å². The van der Waals surface area contributed by atoms with Crippen LogP contribution in [0.15, 0.2) is 59.9 Å². The summed E-state index contributed by atoms with van der Waals surface area (Å²) in [5, 5.41) is 27.4. The van der Waals surface area contributed by atoms with Crippen LogP contribution in [0.5, 0.6) is 17.2 Å². The van der Waals surface area contributed by atoms with E-state index in [2.05, 4.69) is 11.9 Å². The van der Waals surface area contributed by atoms with Gasteiger partial charge in [0.05, 0.1) is 25.7 Å². The second-order valence-electron chi connectivity index (χ2n) is 9.26. The van der Waals surface area contributed by atoms with Gasteiger partial charge in [0.2, 0.25) is 0 Å². The van der Waals surface area contributed by atoms with E-state index >= 15 is 0 Å². The number of Topliss-reactive ketones (excluding diaryl/α,β-unsaturated/α-hetero) is 1. The Morgan fingerprint density at radius 3 is 2.53 bits per heavy atom. The predicted octanol–water partition coefficient (Wildman–Crippen LogP) is 3.86. The number of rotatable bonds is 8. The Balaban J connectivity index is 1.88. The molecule has 0 fully saturated rings. The van der Waals surface area contributed by atoms with Crippen molar-refractivity contribution in [1.29, 1.82) is 0 Å². The van der Waals surface area contributed by atoms with Crippen LogP contribution in [0.25, 0.3) is 0 Å². The van der Waals surface area contributed by atoms with E-state index in [0.29, 0.717) is 35.6 Å².